The molecular weight excluding hydrogens is 324 g/mol. The van der Waals surface area contributed by atoms with Crippen LogP contribution in [0, 0.1) is 11.3 Å². The second-order valence-electron chi connectivity index (χ2n) is 4.34. The van der Waals surface area contributed by atoms with Crippen LogP contribution in [0.5, 0.6) is 5.75 Å². The highest BCUT2D eigenvalue weighted by atomic mass is 35.5. The lowest BCUT2D eigenvalue weighted by Crippen LogP contribution is -2.28. The molecule has 0 aliphatic rings. The number of benzene rings is 2. The molecule has 2 aromatic carbocycles. The van der Waals surface area contributed by atoms with E-state index in [4.69, 9.17) is 21.6 Å². The van der Waals surface area contributed by atoms with Crippen LogP contribution in [0.4, 0.5) is 0 Å². The minimum absolute atomic E-state index is 0.0537. The Labute approximate surface area is 134 Å². The Bertz CT molecular complexity index is 783. The first kappa shape index (κ1) is 16.3. The summed E-state index contributed by atoms with van der Waals surface area (Å²) in [6.45, 7) is 0.292. The second-order valence-corrected chi connectivity index (χ2v) is 6.54. The maximum atomic E-state index is 12.1. The maximum Gasteiger partial charge on any atom is 0.240 e. The lowest BCUT2D eigenvalue weighted by atomic mass is 10.2. The maximum absolute atomic E-state index is 12.1. The van der Waals surface area contributed by atoms with Gasteiger partial charge in [-0.1, -0.05) is 17.7 Å². The zero-order chi connectivity index (χ0) is 16.0. The van der Waals surface area contributed by atoms with Crippen molar-refractivity contribution in [3.8, 4) is 11.8 Å². The van der Waals surface area contributed by atoms with Gasteiger partial charge in [0.15, 0.2) is 0 Å². The van der Waals surface area contributed by atoms with Gasteiger partial charge in [0.2, 0.25) is 10.0 Å². The van der Waals surface area contributed by atoms with Gasteiger partial charge in [-0.2, -0.15) is 5.26 Å². The SMILES string of the molecule is N#Cc1cccc(S(=O)(=O)NCCOc2ccc(Cl)cc2)c1. The van der Waals surface area contributed by atoms with Crippen molar-refractivity contribution in [3.05, 3.63) is 59.1 Å². The number of rotatable bonds is 6. The molecule has 0 spiro atoms. The molecule has 0 aliphatic carbocycles. The van der Waals surface area contributed by atoms with E-state index in [0.29, 0.717) is 16.3 Å². The van der Waals surface area contributed by atoms with Crippen molar-refractivity contribution in [1.82, 2.24) is 4.72 Å². The van der Waals surface area contributed by atoms with Crippen molar-refractivity contribution in [2.75, 3.05) is 13.2 Å². The number of nitrogens with zero attached hydrogens (tertiary/aromatic N) is 1. The van der Waals surface area contributed by atoms with Crippen molar-refractivity contribution in [2.24, 2.45) is 0 Å². The molecule has 0 unspecified atom stereocenters. The third-order valence-electron chi connectivity index (χ3n) is 2.75. The summed E-state index contributed by atoms with van der Waals surface area (Å²) in [5, 5.41) is 9.40. The molecule has 0 radical (unpaired) electrons. The molecule has 2 aromatic rings. The molecule has 5 nitrogen and oxygen atoms in total. The van der Waals surface area contributed by atoms with E-state index in [1.54, 1.807) is 30.3 Å². The summed E-state index contributed by atoms with van der Waals surface area (Å²) < 4.78 is 31.9. The van der Waals surface area contributed by atoms with Crippen LogP contribution in [0.15, 0.2) is 53.4 Å². The molecule has 22 heavy (non-hydrogen) atoms. The van der Waals surface area contributed by atoms with Gasteiger partial charge in [0.05, 0.1) is 16.5 Å². The average molecular weight is 337 g/mol. The van der Waals surface area contributed by atoms with Crippen LogP contribution >= 0.6 is 11.6 Å². The predicted molar refractivity (Wildman–Crippen MR) is 83.3 cm³/mol. The van der Waals surface area contributed by atoms with Crippen LogP contribution in [0.25, 0.3) is 0 Å². The normalized spacial score (nSPS) is 10.9. The second kappa shape index (κ2) is 7.27. The molecule has 114 valence electrons. The zero-order valence-corrected chi connectivity index (χ0v) is 13.1. The average Bonchev–Trinajstić information content (AvgIpc) is 2.53. The first-order valence-corrected chi connectivity index (χ1v) is 8.25. The van der Waals surface area contributed by atoms with Gasteiger partial charge in [-0.15, -0.1) is 0 Å². The predicted octanol–water partition coefficient (Wildman–Crippen LogP) is 2.57. The Morgan fingerprint density at radius 3 is 2.59 bits per heavy atom. The summed E-state index contributed by atoms with van der Waals surface area (Å²) in [5.41, 5.74) is 0.292. The van der Waals surface area contributed by atoms with Crippen LogP contribution in [0.2, 0.25) is 5.02 Å². The topological polar surface area (TPSA) is 79.2 Å². The third-order valence-corrected chi connectivity index (χ3v) is 4.46. The van der Waals surface area contributed by atoms with Gasteiger partial charge in [0.25, 0.3) is 0 Å². The molecule has 2 rings (SSSR count). The zero-order valence-electron chi connectivity index (χ0n) is 11.5. The van der Waals surface area contributed by atoms with Crippen molar-refractivity contribution in [1.29, 1.82) is 5.26 Å². The Hall–Kier alpha value is -2.07. The largest absolute Gasteiger partial charge is 0.492 e. The summed E-state index contributed by atoms with van der Waals surface area (Å²) in [4.78, 5) is 0.0537. The molecule has 0 aromatic heterocycles. The summed E-state index contributed by atoms with van der Waals surface area (Å²) >= 11 is 5.76. The fourth-order valence-corrected chi connectivity index (χ4v) is 2.88. The smallest absolute Gasteiger partial charge is 0.240 e. The lowest BCUT2D eigenvalue weighted by molar-refractivity contribution is 0.323. The molecule has 0 saturated carbocycles. The fraction of sp³-hybridized carbons (Fsp3) is 0.133. The summed E-state index contributed by atoms with van der Waals surface area (Å²) in [6, 6.07) is 14.5. The Balaban J connectivity index is 1.90. The molecule has 0 saturated heterocycles. The van der Waals surface area contributed by atoms with E-state index >= 15 is 0 Å². The number of ether oxygens (including phenoxy) is 1. The molecule has 7 heteroatoms. The van der Waals surface area contributed by atoms with Gasteiger partial charge in [0.1, 0.15) is 12.4 Å². The van der Waals surface area contributed by atoms with E-state index in [0.717, 1.165) is 0 Å². The van der Waals surface area contributed by atoms with Crippen LogP contribution in [0.3, 0.4) is 0 Å². The van der Waals surface area contributed by atoms with Crippen molar-refractivity contribution in [3.63, 3.8) is 0 Å². The van der Waals surface area contributed by atoms with Crippen molar-refractivity contribution in [2.45, 2.75) is 4.90 Å². The van der Waals surface area contributed by atoms with Crippen molar-refractivity contribution >= 4 is 21.6 Å². The monoisotopic (exact) mass is 336 g/mol. The number of nitrogens with one attached hydrogen (secondary N) is 1. The van der Waals surface area contributed by atoms with E-state index in [2.05, 4.69) is 4.72 Å². The van der Waals surface area contributed by atoms with Gasteiger partial charge in [-0.25, -0.2) is 13.1 Å². The molecule has 0 fully saturated rings. The minimum Gasteiger partial charge on any atom is -0.492 e. The van der Waals surface area contributed by atoms with E-state index in [1.165, 1.54) is 18.2 Å². The van der Waals surface area contributed by atoms with Crippen LogP contribution in [0.1, 0.15) is 5.56 Å². The molecule has 0 bridgehead atoms. The Kier molecular flexibility index (Phi) is 5.39. The molecule has 0 heterocycles. The van der Waals surface area contributed by atoms with Gasteiger partial charge in [0, 0.05) is 11.6 Å². The molecular formula is C15H13ClN2O3S. The Morgan fingerprint density at radius 2 is 1.91 bits per heavy atom. The quantitative estimate of drug-likeness (QED) is 0.822. The van der Waals surface area contributed by atoms with E-state index in [1.807, 2.05) is 6.07 Å². The summed E-state index contributed by atoms with van der Waals surface area (Å²) in [6.07, 6.45) is 0. The van der Waals surface area contributed by atoms with E-state index in [9.17, 15) is 8.42 Å². The summed E-state index contributed by atoms with van der Waals surface area (Å²) in [5.74, 6) is 0.607. The highest BCUT2D eigenvalue weighted by Gasteiger charge is 2.13. The third kappa shape index (κ3) is 4.46. The van der Waals surface area contributed by atoms with E-state index < -0.39 is 10.0 Å². The lowest BCUT2D eigenvalue weighted by Gasteiger charge is -2.08. The molecule has 0 atom stereocenters. The van der Waals surface area contributed by atoms with Gasteiger partial charge < -0.3 is 4.74 Å². The van der Waals surface area contributed by atoms with Crippen LogP contribution < -0.4 is 9.46 Å². The van der Waals surface area contributed by atoms with Gasteiger partial charge in [-0.05, 0) is 42.5 Å². The standard InChI is InChI=1S/C15H13ClN2O3S/c16-13-4-6-14(7-5-13)21-9-8-18-22(19,20)15-3-1-2-12(10-15)11-17/h1-7,10,18H,8-9H2. The van der Waals surface area contributed by atoms with Gasteiger partial charge in [-0.3, -0.25) is 0 Å². The molecule has 1 N–H and O–H groups in total. The fourth-order valence-electron chi connectivity index (χ4n) is 1.69. The number of hydrogen-bond donors (Lipinski definition) is 1. The first-order chi connectivity index (χ1) is 10.5. The Morgan fingerprint density at radius 1 is 1.18 bits per heavy atom. The van der Waals surface area contributed by atoms with Gasteiger partial charge >= 0.3 is 0 Å². The number of nitriles is 1. The van der Waals surface area contributed by atoms with E-state index in [-0.39, 0.29) is 18.0 Å². The molecule has 0 aliphatic heterocycles. The first-order valence-electron chi connectivity index (χ1n) is 6.39. The number of halogens is 1. The molecule has 0 amide bonds. The van der Waals surface area contributed by atoms with Crippen LogP contribution in [-0.4, -0.2) is 21.6 Å². The highest BCUT2D eigenvalue weighted by Crippen LogP contribution is 2.15. The minimum atomic E-state index is -3.66. The highest BCUT2D eigenvalue weighted by molar-refractivity contribution is 7.89. The number of sulfonamides is 1. The van der Waals surface area contributed by atoms with Crippen LogP contribution in [-0.2, 0) is 10.0 Å². The van der Waals surface area contributed by atoms with Crippen molar-refractivity contribution < 1.29 is 13.2 Å². The summed E-state index contributed by atoms with van der Waals surface area (Å²) in [7, 11) is -3.66. The number of hydrogen-bond acceptors (Lipinski definition) is 4.